The number of aryl methyl sites for hydroxylation is 1. The summed E-state index contributed by atoms with van der Waals surface area (Å²) in [5.41, 5.74) is 6.55. The van der Waals surface area contributed by atoms with Crippen LogP contribution in [0.1, 0.15) is 24.8 Å². The van der Waals surface area contributed by atoms with Crippen molar-refractivity contribution in [1.29, 1.82) is 0 Å². The molecule has 10 heteroatoms. The smallest absolute Gasteiger partial charge is 0.243 e. The highest BCUT2D eigenvalue weighted by Crippen LogP contribution is 2.24. The van der Waals surface area contributed by atoms with E-state index in [0.29, 0.717) is 39.1 Å². The summed E-state index contributed by atoms with van der Waals surface area (Å²) in [6.45, 7) is 3.73. The van der Waals surface area contributed by atoms with E-state index in [9.17, 15) is 12.8 Å². The molecule has 0 unspecified atom stereocenters. The van der Waals surface area contributed by atoms with E-state index in [-0.39, 0.29) is 29.1 Å². The van der Waals surface area contributed by atoms with Gasteiger partial charge in [-0.2, -0.15) is 9.40 Å². The lowest BCUT2D eigenvalue weighted by atomic mass is 10.1. The fourth-order valence-corrected chi connectivity index (χ4v) is 4.58. The maximum atomic E-state index is 14.5. The highest BCUT2D eigenvalue weighted by molar-refractivity contribution is 7.89. The van der Waals surface area contributed by atoms with E-state index in [4.69, 9.17) is 10.5 Å². The van der Waals surface area contributed by atoms with E-state index in [1.807, 2.05) is 6.92 Å². The van der Waals surface area contributed by atoms with Crippen LogP contribution >= 0.6 is 12.4 Å². The van der Waals surface area contributed by atoms with E-state index in [1.54, 1.807) is 12.4 Å². The van der Waals surface area contributed by atoms with E-state index in [1.165, 1.54) is 21.1 Å². The average molecular weight is 433 g/mol. The van der Waals surface area contributed by atoms with Crippen molar-refractivity contribution in [2.45, 2.75) is 37.2 Å². The van der Waals surface area contributed by atoms with E-state index in [2.05, 4.69) is 5.10 Å². The second-order valence-corrected chi connectivity index (χ2v) is 8.63. The molecule has 1 aliphatic heterocycles. The number of rotatable bonds is 7. The third kappa shape index (κ3) is 5.09. The summed E-state index contributed by atoms with van der Waals surface area (Å²) in [5.74, 6) is -0.626. The average Bonchev–Trinajstić information content (AvgIpc) is 3.08. The molecule has 1 fully saturated rings. The molecule has 2 N–H and O–H groups in total. The van der Waals surface area contributed by atoms with Crippen molar-refractivity contribution in [3.05, 3.63) is 42.0 Å². The molecule has 7 nitrogen and oxygen atoms in total. The summed E-state index contributed by atoms with van der Waals surface area (Å²) >= 11 is 0. The lowest BCUT2D eigenvalue weighted by Gasteiger charge is -2.31. The van der Waals surface area contributed by atoms with Gasteiger partial charge >= 0.3 is 0 Å². The third-order valence-electron chi connectivity index (χ3n) is 4.62. The second-order valence-electron chi connectivity index (χ2n) is 6.69. The van der Waals surface area contributed by atoms with Gasteiger partial charge in [-0.05, 0) is 56.5 Å². The van der Waals surface area contributed by atoms with Crippen LogP contribution in [0.25, 0.3) is 5.69 Å². The van der Waals surface area contributed by atoms with Crippen molar-refractivity contribution in [3.8, 4) is 5.69 Å². The number of nitrogens with zero attached hydrogens (tertiary/aromatic N) is 3. The Morgan fingerprint density at radius 2 is 2.04 bits per heavy atom. The van der Waals surface area contributed by atoms with Gasteiger partial charge in [-0.25, -0.2) is 17.5 Å². The Morgan fingerprint density at radius 1 is 1.32 bits per heavy atom. The molecule has 0 saturated carbocycles. The number of sulfonamides is 1. The Bertz CT molecular complexity index is 883. The zero-order chi connectivity index (χ0) is 19.4. The lowest BCUT2D eigenvalue weighted by molar-refractivity contribution is 0.0209. The summed E-state index contributed by atoms with van der Waals surface area (Å²) < 4.78 is 48.7. The molecular formula is C18H26ClFN4O3S. The van der Waals surface area contributed by atoms with Crippen LogP contribution < -0.4 is 5.73 Å². The molecule has 156 valence electrons. The summed E-state index contributed by atoms with van der Waals surface area (Å²) in [4.78, 5) is -0.0462. The molecule has 1 aliphatic rings. The quantitative estimate of drug-likeness (QED) is 0.678. The van der Waals surface area contributed by atoms with E-state index in [0.717, 1.165) is 18.1 Å². The first-order valence-electron chi connectivity index (χ1n) is 9.05. The van der Waals surface area contributed by atoms with Gasteiger partial charge in [0.15, 0.2) is 0 Å². The molecule has 0 radical (unpaired) electrons. The topological polar surface area (TPSA) is 90.5 Å². The first kappa shape index (κ1) is 22.8. The first-order valence-corrected chi connectivity index (χ1v) is 10.5. The van der Waals surface area contributed by atoms with Gasteiger partial charge in [-0.3, -0.25) is 0 Å². The zero-order valence-corrected chi connectivity index (χ0v) is 17.4. The lowest BCUT2D eigenvalue weighted by Crippen LogP contribution is -2.41. The van der Waals surface area contributed by atoms with Gasteiger partial charge in [0.05, 0.1) is 17.2 Å². The highest BCUT2D eigenvalue weighted by Gasteiger charge is 2.30. The molecule has 1 aromatic heterocycles. The normalized spacial score (nSPS) is 16.1. The number of benzene rings is 1. The minimum Gasteiger partial charge on any atom is -0.378 e. The monoisotopic (exact) mass is 432 g/mol. The van der Waals surface area contributed by atoms with Crippen molar-refractivity contribution in [1.82, 2.24) is 14.1 Å². The summed E-state index contributed by atoms with van der Waals surface area (Å²) in [7, 11) is -3.74. The van der Waals surface area contributed by atoms with Gasteiger partial charge in [0.25, 0.3) is 0 Å². The van der Waals surface area contributed by atoms with Crippen LogP contribution in [-0.4, -0.2) is 54.8 Å². The molecule has 0 atom stereocenters. The minimum atomic E-state index is -3.74. The number of hydrogen-bond donors (Lipinski definition) is 1. The molecule has 2 aromatic rings. The largest absolute Gasteiger partial charge is 0.378 e. The van der Waals surface area contributed by atoms with Gasteiger partial charge in [0.1, 0.15) is 11.5 Å². The van der Waals surface area contributed by atoms with E-state index < -0.39 is 15.8 Å². The highest BCUT2D eigenvalue weighted by atomic mass is 35.5. The van der Waals surface area contributed by atoms with Crippen molar-refractivity contribution >= 4 is 22.4 Å². The summed E-state index contributed by atoms with van der Waals surface area (Å²) in [6, 6.07) is 3.93. The second kappa shape index (κ2) is 9.80. The maximum Gasteiger partial charge on any atom is 0.243 e. The van der Waals surface area contributed by atoms with Crippen LogP contribution in [0, 0.1) is 12.7 Å². The van der Waals surface area contributed by atoms with Crippen molar-refractivity contribution in [2.75, 3.05) is 26.2 Å². The van der Waals surface area contributed by atoms with Gasteiger partial charge in [0.2, 0.25) is 10.0 Å². The molecule has 1 aromatic carbocycles. The van der Waals surface area contributed by atoms with Crippen LogP contribution in [0.2, 0.25) is 0 Å². The molecule has 3 rings (SSSR count). The molecule has 1 saturated heterocycles. The molecule has 2 heterocycles. The predicted molar refractivity (Wildman–Crippen MR) is 107 cm³/mol. The number of piperidine rings is 1. The third-order valence-corrected chi connectivity index (χ3v) is 6.51. The van der Waals surface area contributed by atoms with E-state index >= 15 is 0 Å². The number of aromatic nitrogens is 2. The Morgan fingerprint density at radius 3 is 2.61 bits per heavy atom. The maximum absolute atomic E-state index is 14.5. The molecule has 0 amide bonds. The predicted octanol–water partition coefficient (Wildman–Crippen LogP) is 2.26. The summed E-state index contributed by atoms with van der Waals surface area (Å²) in [5, 5.41) is 4.06. The van der Waals surface area contributed by atoms with Crippen LogP contribution in [0.15, 0.2) is 35.5 Å². The summed E-state index contributed by atoms with van der Waals surface area (Å²) in [6.07, 6.45) is 5.38. The number of halogens is 2. The van der Waals surface area contributed by atoms with Crippen molar-refractivity contribution in [3.63, 3.8) is 0 Å². The van der Waals surface area contributed by atoms with Crippen molar-refractivity contribution < 1.29 is 17.5 Å². The number of ether oxygens (including phenoxy) is 1. The fraction of sp³-hybridized carbons (Fsp3) is 0.500. The fourth-order valence-electron chi connectivity index (χ4n) is 3.10. The van der Waals surface area contributed by atoms with Gasteiger partial charge in [0, 0.05) is 25.9 Å². The minimum absolute atomic E-state index is 0. The van der Waals surface area contributed by atoms with Crippen LogP contribution in [0.4, 0.5) is 4.39 Å². The Balaban J connectivity index is 0.00000280. The van der Waals surface area contributed by atoms with Crippen LogP contribution in [-0.2, 0) is 14.8 Å². The van der Waals surface area contributed by atoms with Crippen molar-refractivity contribution in [2.24, 2.45) is 5.73 Å². The molecular weight excluding hydrogens is 407 g/mol. The Labute approximate surface area is 171 Å². The Kier molecular flexibility index (Phi) is 7.97. The standard InChI is InChI=1S/C18H25FN4O3S.ClH/c1-14-12-21-23(13-14)18-4-3-16(11-17(18)19)27(24,25)22-8-5-15(6-9-22)26-10-2-7-20;/h3-4,11-13,15H,2,5-10,20H2,1H3;1H. The first-order chi connectivity index (χ1) is 12.9. The molecule has 0 spiro atoms. The van der Waals surface area contributed by atoms with Gasteiger partial charge in [-0.1, -0.05) is 0 Å². The molecule has 28 heavy (non-hydrogen) atoms. The Hall–Kier alpha value is -1.52. The zero-order valence-electron chi connectivity index (χ0n) is 15.8. The van der Waals surface area contributed by atoms with Crippen LogP contribution in [0.3, 0.4) is 0 Å². The number of hydrogen-bond acceptors (Lipinski definition) is 5. The van der Waals surface area contributed by atoms with Gasteiger partial charge in [-0.15, -0.1) is 12.4 Å². The molecule has 0 aliphatic carbocycles. The molecule has 0 bridgehead atoms. The van der Waals surface area contributed by atoms with Crippen LogP contribution in [0.5, 0.6) is 0 Å². The SMILES string of the molecule is Cc1cnn(-c2ccc(S(=O)(=O)N3CCC(OCCCN)CC3)cc2F)c1.Cl. The van der Waals surface area contributed by atoms with Gasteiger partial charge < -0.3 is 10.5 Å². The number of nitrogens with two attached hydrogens (primary N) is 1.